The molecule has 4 nitrogen and oxygen atoms in total. The molecule has 0 radical (unpaired) electrons. The summed E-state index contributed by atoms with van der Waals surface area (Å²) in [6.07, 6.45) is -6.86. The summed E-state index contributed by atoms with van der Waals surface area (Å²) < 4.78 is 60.0. The molecule has 1 fully saturated rings. The topological polar surface area (TPSA) is 40.2 Å². The molecule has 0 aliphatic carbocycles. The lowest BCUT2D eigenvalue weighted by molar-refractivity contribution is -0.224. The zero-order chi connectivity index (χ0) is 15.6. The fourth-order valence-corrected chi connectivity index (χ4v) is 2.34. The average molecular weight is 371 g/mol. The number of ether oxygens (including phenoxy) is 4. The van der Waals surface area contributed by atoms with E-state index in [1.165, 1.54) is 26.4 Å². The molecule has 1 saturated heterocycles. The Morgan fingerprint density at radius 2 is 1.81 bits per heavy atom. The van der Waals surface area contributed by atoms with E-state index in [1.54, 1.807) is 0 Å². The maximum atomic E-state index is 13.2. The molecule has 0 bridgehead atoms. The molecule has 118 valence electrons. The number of alkyl halides is 3. The van der Waals surface area contributed by atoms with Gasteiger partial charge in [0.15, 0.2) is 6.10 Å². The van der Waals surface area contributed by atoms with Gasteiger partial charge < -0.3 is 18.9 Å². The fraction of sp³-hybridized carbons (Fsp3) is 0.538. The molecule has 8 heteroatoms. The minimum Gasteiger partial charge on any atom is -0.495 e. The van der Waals surface area contributed by atoms with Crippen LogP contribution < -0.4 is 9.47 Å². The Hall–Kier alpha value is -0.990. The first-order valence-electron chi connectivity index (χ1n) is 6.08. The standard InChI is InChI=1S/C13H14BrF3O4/c1-18-9-3-7(4-10(19-2)11(9)14)12(13(15,16)17)21-6-8-5-20-8/h3-4,8,12H,5-6H2,1-2H3/t8-,12-/m0/s1. The van der Waals surface area contributed by atoms with Crippen molar-refractivity contribution < 1.29 is 32.1 Å². The first kappa shape index (κ1) is 16.4. The minimum absolute atomic E-state index is 0.0833. The molecule has 21 heavy (non-hydrogen) atoms. The molecule has 1 aromatic carbocycles. The largest absolute Gasteiger partial charge is 0.495 e. The van der Waals surface area contributed by atoms with Crippen LogP contribution in [0.5, 0.6) is 11.5 Å². The smallest absolute Gasteiger partial charge is 0.418 e. The second-order valence-electron chi connectivity index (χ2n) is 4.45. The van der Waals surface area contributed by atoms with Crippen LogP contribution in [0.4, 0.5) is 13.2 Å². The molecule has 2 atom stereocenters. The predicted molar refractivity (Wildman–Crippen MR) is 71.7 cm³/mol. The first-order valence-corrected chi connectivity index (χ1v) is 6.87. The zero-order valence-corrected chi connectivity index (χ0v) is 13.0. The van der Waals surface area contributed by atoms with Crippen molar-refractivity contribution in [2.24, 2.45) is 0 Å². The van der Waals surface area contributed by atoms with Gasteiger partial charge in [0, 0.05) is 0 Å². The Bertz CT molecular complexity index is 478. The van der Waals surface area contributed by atoms with Gasteiger partial charge in [-0.25, -0.2) is 0 Å². The van der Waals surface area contributed by atoms with Gasteiger partial charge in [-0.2, -0.15) is 13.2 Å². The molecule has 0 unspecified atom stereocenters. The summed E-state index contributed by atoms with van der Waals surface area (Å²) in [6.45, 7) is 0.322. The van der Waals surface area contributed by atoms with E-state index in [1.807, 2.05) is 0 Å². The van der Waals surface area contributed by atoms with E-state index < -0.39 is 12.3 Å². The van der Waals surface area contributed by atoms with Crippen molar-refractivity contribution in [1.29, 1.82) is 0 Å². The van der Waals surface area contributed by atoms with Crippen LogP contribution in [0.1, 0.15) is 11.7 Å². The van der Waals surface area contributed by atoms with Crippen molar-refractivity contribution in [1.82, 2.24) is 0 Å². The van der Waals surface area contributed by atoms with Gasteiger partial charge in [-0.1, -0.05) is 0 Å². The average Bonchev–Trinajstić information content (AvgIpc) is 3.23. The Kier molecular flexibility index (Phi) is 5.00. The lowest BCUT2D eigenvalue weighted by Crippen LogP contribution is -2.25. The zero-order valence-electron chi connectivity index (χ0n) is 11.4. The molecule has 0 amide bonds. The summed E-state index contributed by atoms with van der Waals surface area (Å²) in [5.74, 6) is 0.481. The molecular formula is C13H14BrF3O4. The van der Waals surface area contributed by atoms with Crippen LogP contribution in [0.15, 0.2) is 16.6 Å². The number of hydrogen-bond acceptors (Lipinski definition) is 4. The molecule has 1 heterocycles. The van der Waals surface area contributed by atoms with E-state index in [9.17, 15) is 13.2 Å². The van der Waals surface area contributed by atoms with E-state index in [0.717, 1.165) is 0 Å². The molecule has 0 N–H and O–H groups in total. The number of benzene rings is 1. The second-order valence-corrected chi connectivity index (χ2v) is 5.24. The third-order valence-electron chi connectivity index (χ3n) is 2.92. The van der Waals surface area contributed by atoms with Gasteiger partial charge in [-0.05, 0) is 33.6 Å². The normalized spacial score (nSPS) is 19.2. The lowest BCUT2D eigenvalue weighted by Gasteiger charge is -2.22. The predicted octanol–water partition coefficient (Wildman–Crippen LogP) is 3.49. The van der Waals surface area contributed by atoms with E-state index in [-0.39, 0.29) is 29.8 Å². The molecule has 1 aliphatic rings. The molecule has 1 aliphatic heterocycles. The van der Waals surface area contributed by atoms with E-state index in [4.69, 9.17) is 18.9 Å². The van der Waals surface area contributed by atoms with Gasteiger partial charge >= 0.3 is 6.18 Å². The van der Waals surface area contributed by atoms with Crippen molar-refractivity contribution in [2.75, 3.05) is 27.4 Å². The minimum atomic E-state index is -4.54. The number of halogens is 4. The first-order chi connectivity index (χ1) is 9.86. The van der Waals surface area contributed by atoms with Crippen LogP contribution in [-0.4, -0.2) is 39.7 Å². The second kappa shape index (κ2) is 6.41. The summed E-state index contributed by atoms with van der Waals surface area (Å²) in [7, 11) is 2.73. The number of hydrogen-bond donors (Lipinski definition) is 0. The highest BCUT2D eigenvalue weighted by atomic mass is 79.9. The third-order valence-corrected chi connectivity index (χ3v) is 3.70. The van der Waals surface area contributed by atoms with Crippen LogP contribution in [0, 0.1) is 0 Å². The number of epoxide rings is 1. The van der Waals surface area contributed by atoms with Crippen LogP contribution in [0.3, 0.4) is 0 Å². The van der Waals surface area contributed by atoms with Crippen molar-refractivity contribution in [2.45, 2.75) is 18.4 Å². The summed E-state index contributed by atoms with van der Waals surface area (Å²) >= 11 is 3.22. The van der Waals surface area contributed by atoms with Crippen LogP contribution in [0.25, 0.3) is 0 Å². The van der Waals surface area contributed by atoms with Crippen LogP contribution >= 0.6 is 15.9 Å². The third kappa shape index (κ3) is 4.02. The van der Waals surface area contributed by atoms with E-state index in [0.29, 0.717) is 11.1 Å². The molecule has 0 aromatic heterocycles. The molecule has 0 spiro atoms. The van der Waals surface area contributed by atoms with E-state index in [2.05, 4.69) is 15.9 Å². The molecule has 2 rings (SSSR count). The fourth-order valence-electron chi connectivity index (χ4n) is 1.79. The highest BCUT2D eigenvalue weighted by molar-refractivity contribution is 9.10. The molecule has 1 aromatic rings. The lowest BCUT2D eigenvalue weighted by atomic mass is 10.1. The SMILES string of the molecule is COc1cc([C@H](OC[C@@H]2CO2)C(F)(F)F)cc(OC)c1Br. The van der Waals surface area contributed by atoms with Crippen molar-refractivity contribution in [3.05, 3.63) is 22.2 Å². The summed E-state index contributed by atoms with van der Waals surface area (Å²) in [6, 6.07) is 2.55. The van der Waals surface area contributed by atoms with Crippen molar-refractivity contribution in [3.8, 4) is 11.5 Å². The van der Waals surface area contributed by atoms with Crippen molar-refractivity contribution >= 4 is 15.9 Å². The maximum Gasteiger partial charge on any atom is 0.418 e. The monoisotopic (exact) mass is 370 g/mol. The molecular weight excluding hydrogens is 357 g/mol. The van der Waals surface area contributed by atoms with Crippen LogP contribution in [0.2, 0.25) is 0 Å². The highest BCUT2D eigenvalue weighted by Crippen LogP contribution is 2.43. The van der Waals surface area contributed by atoms with Crippen molar-refractivity contribution in [3.63, 3.8) is 0 Å². The van der Waals surface area contributed by atoms with Gasteiger partial charge in [0.1, 0.15) is 22.1 Å². The quantitative estimate of drug-likeness (QED) is 0.718. The highest BCUT2D eigenvalue weighted by Gasteiger charge is 2.43. The Morgan fingerprint density at radius 1 is 1.29 bits per heavy atom. The Balaban J connectivity index is 2.33. The Morgan fingerprint density at radius 3 is 2.19 bits per heavy atom. The van der Waals surface area contributed by atoms with Gasteiger partial charge in [0.25, 0.3) is 0 Å². The summed E-state index contributed by atoms with van der Waals surface area (Å²) in [5, 5.41) is 0. The number of methoxy groups -OCH3 is 2. The summed E-state index contributed by atoms with van der Waals surface area (Å²) in [5.41, 5.74) is -0.0833. The van der Waals surface area contributed by atoms with Crippen LogP contribution in [-0.2, 0) is 9.47 Å². The molecule has 0 saturated carbocycles. The number of rotatable bonds is 6. The van der Waals surface area contributed by atoms with Gasteiger partial charge in [-0.3, -0.25) is 0 Å². The maximum absolute atomic E-state index is 13.2. The van der Waals surface area contributed by atoms with Gasteiger partial charge in [0.2, 0.25) is 0 Å². The van der Waals surface area contributed by atoms with Gasteiger partial charge in [0.05, 0.1) is 27.4 Å². The Labute approximate surface area is 128 Å². The summed E-state index contributed by atoms with van der Waals surface area (Å²) in [4.78, 5) is 0. The van der Waals surface area contributed by atoms with Gasteiger partial charge in [-0.15, -0.1) is 0 Å². The van der Waals surface area contributed by atoms with E-state index >= 15 is 0 Å².